The number of anilines is 1. The van der Waals surface area contributed by atoms with Gasteiger partial charge in [0.15, 0.2) is 0 Å². The van der Waals surface area contributed by atoms with Crippen LogP contribution in [-0.2, 0) is 0 Å². The molecule has 0 saturated carbocycles. The van der Waals surface area contributed by atoms with Crippen molar-refractivity contribution in [2.75, 3.05) is 25.5 Å². The molecule has 0 radical (unpaired) electrons. The Labute approximate surface area is 140 Å². The minimum atomic E-state index is -0.156. The number of rotatable bonds is 6. The first-order valence-electron chi connectivity index (χ1n) is 7.77. The van der Waals surface area contributed by atoms with Gasteiger partial charge in [0.1, 0.15) is 11.5 Å². The van der Waals surface area contributed by atoms with Crippen molar-refractivity contribution in [1.82, 2.24) is 5.32 Å². The molecule has 5 nitrogen and oxygen atoms in total. The SMILES string of the molecule is CN(C)c1cccc(C(=O)NCC(c2ccco2)c2ccco2)c1. The number of hydrogen-bond acceptors (Lipinski definition) is 4. The zero-order valence-electron chi connectivity index (χ0n) is 13.7. The lowest BCUT2D eigenvalue weighted by molar-refractivity contribution is 0.0951. The average Bonchev–Trinajstić information content (AvgIpc) is 3.29. The molecule has 1 N–H and O–H groups in total. The predicted molar refractivity (Wildman–Crippen MR) is 92.4 cm³/mol. The van der Waals surface area contributed by atoms with Gasteiger partial charge in [-0.2, -0.15) is 0 Å². The first-order chi connectivity index (χ1) is 11.6. The van der Waals surface area contributed by atoms with Crippen molar-refractivity contribution in [2.24, 2.45) is 0 Å². The van der Waals surface area contributed by atoms with Gasteiger partial charge in [0, 0.05) is 31.9 Å². The molecule has 1 amide bonds. The van der Waals surface area contributed by atoms with Crippen LogP contribution < -0.4 is 10.2 Å². The van der Waals surface area contributed by atoms with E-state index in [0.29, 0.717) is 12.1 Å². The summed E-state index contributed by atoms with van der Waals surface area (Å²) in [6.07, 6.45) is 3.24. The molecule has 0 spiro atoms. The summed E-state index contributed by atoms with van der Waals surface area (Å²) in [5.74, 6) is 1.23. The molecule has 124 valence electrons. The first kappa shape index (κ1) is 15.9. The van der Waals surface area contributed by atoms with Crippen LogP contribution in [0.2, 0.25) is 0 Å². The van der Waals surface area contributed by atoms with Crippen molar-refractivity contribution in [1.29, 1.82) is 0 Å². The average molecular weight is 324 g/mol. The summed E-state index contributed by atoms with van der Waals surface area (Å²) in [5, 5.41) is 2.96. The second-order valence-corrected chi connectivity index (χ2v) is 5.74. The highest BCUT2D eigenvalue weighted by molar-refractivity contribution is 5.95. The zero-order chi connectivity index (χ0) is 16.9. The highest BCUT2D eigenvalue weighted by Crippen LogP contribution is 2.25. The molecule has 1 aromatic carbocycles. The fraction of sp³-hybridized carbons (Fsp3) is 0.211. The van der Waals surface area contributed by atoms with Crippen LogP contribution in [0.4, 0.5) is 5.69 Å². The van der Waals surface area contributed by atoms with Gasteiger partial charge in [-0.3, -0.25) is 4.79 Å². The van der Waals surface area contributed by atoms with E-state index < -0.39 is 0 Å². The van der Waals surface area contributed by atoms with E-state index in [9.17, 15) is 4.79 Å². The van der Waals surface area contributed by atoms with Crippen molar-refractivity contribution in [2.45, 2.75) is 5.92 Å². The van der Waals surface area contributed by atoms with Gasteiger partial charge in [0.25, 0.3) is 5.91 Å². The topological polar surface area (TPSA) is 58.6 Å². The lowest BCUT2D eigenvalue weighted by Gasteiger charge is -2.15. The molecule has 0 unspecified atom stereocenters. The first-order valence-corrected chi connectivity index (χ1v) is 7.77. The molecule has 5 heteroatoms. The van der Waals surface area contributed by atoms with E-state index in [1.165, 1.54) is 0 Å². The number of carbonyl (C=O) groups is 1. The van der Waals surface area contributed by atoms with Gasteiger partial charge >= 0.3 is 0 Å². The van der Waals surface area contributed by atoms with Gasteiger partial charge in [0.2, 0.25) is 0 Å². The normalized spacial score (nSPS) is 10.8. The molecule has 3 rings (SSSR count). The number of amides is 1. The molecule has 2 aromatic heterocycles. The highest BCUT2D eigenvalue weighted by Gasteiger charge is 2.21. The monoisotopic (exact) mass is 324 g/mol. The van der Waals surface area contributed by atoms with Crippen molar-refractivity contribution >= 4 is 11.6 Å². The molecule has 0 saturated heterocycles. The molecule has 2 heterocycles. The third-order valence-corrected chi connectivity index (χ3v) is 3.86. The molecule has 0 aliphatic carbocycles. The minimum absolute atomic E-state index is 0.123. The smallest absolute Gasteiger partial charge is 0.251 e. The maximum atomic E-state index is 12.5. The number of hydrogen-bond donors (Lipinski definition) is 1. The Morgan fingerprint density at radius 3 is 2.25 bits per heavy atom. The summed E-state index contributed by atoms with van der Waals surface area (Å²) in [5.41, 5.74) is 1.61. The second kappa shape index (κ2) is 7.08. The largest absolute Gasteiger partial charge is 0.469 e. The number of nitrogens with zero attached hydrogens (tertiary/aromatic N) is 1. The standard InChI is InChI=1S/C19H20N2O3/c1-21(2)15-7-3-6-14(12-15)19(22)20-13-16(17-8-4-10-23-17)18-9-5-11-24-18/h3-12,16H,13H2,1-2H3,(H,20,22). The Balaban J connectivity index is 1.73. The molecule has 0 aliphatic heterocycles. The Bertz CT molecular complexity index is 743. The van der Waals surface area contributed by atoms with Gasteiger partial charge in [0.05, 0.1) is 18.4 Å². The quantitative estimate of drug-likeness (QED) is 0.754. The Morgan fingerprint density at radius 1 is 1.04 bits per heavy atom. The van der Waals surface area contributed by atoms with E-state index in [0.717, 1.165) is 17.2 Å². The van der Waals surface area contributed by atoms with Crippen LogP contribution in [0.25, 0.3) is 0 Å². The lowest BCUT2D eigenvalue weighted by atomic mass is 10.0. The van der Waals surface area contributed by atoms with E-state index in [1.807, 2.05) is 61.5 Å². The fourth-order valence-corrected chi connectivity index (χ4v) is 2.54. The summed E-state index contributed by atoms with van der Waals surface area (Å²) >= 11 is 0. The van der Waals surface area contributed by atoms with Crippen molar-refractivity contribution in [3.63, 3.8) is 0 Å². The summed E-state index contributed by atoms with van der Waals surface area (Å²) in [6, 6.07) is 14.9. The molecule has 0 aliphatic rings. The van der Waals surface area contributed by atoms with Crippen LogP contribution in [0.1, 0.15) is 27.8 Å². The van der Waals surface area contributed by atoms with E-state index >= 15 is 0 Å². The van der Waals surface area contributed by atoms with E-state index in [1.54, 1.807) is 18.6 Å². The molecular weight excluding hydrogens is 304 g/mol. The van der Waals surface area contributed by atoms with E-state index in [4.69, 9.17) is 8.83 Å². The third kappa shape index (κ3) is 3.51. The zero-order valence-corrected chi connectivity index (χ0v) is 13.7. The number of benzene rings is 1. The molecular formula is C19H20N2O3. The van der Waals surface area contributed by atoms with Crippen LogP contribution in [0.15, 0.2) is 69.9 Å². The predicted octanol–water partition coefficient (Wildman–Crippen LogP) is 3.50. The Morgan fingerprint density at radius 2 is 1.71 bits per heavy atom. The van der Waals surface area contributed by atoms with Crippen LogP contribution in [0, 0.1) is 0 Å². The summed E-state index contributed by atoms with van der Waals surface area (Å²) in [6.45, 7) is 0.395. The van der Waals surface area contributed by atoms with Gasteiger partial charge in [-0.05, 0) is 42.5 Å². The van der Waals surface area contributed by atoms with Crippen molar-refractivity contribution < 1.29 is 13.6 Å². The van der Waals surface area contributed by atoms with E-state index in [-0.39, 0.29) is 11.8 Å². The molecule has 0 atom stereocenters. The molecule has 3 aromatic rings. The number of furan rings is 2. The van der Waals surface area contributed by atoms with Crippen LogP contribution in [0.5, 0.6) is 0 Å². The number of nitrogens with one attached hydrogen (secondary N) is 1. The van der Waals surface area contributed by atoms with Crippen LogP contribution in [-0.4, -0.2) is 26.5 Å². The molecule has 0 fully saturated rings. The van der Waals surface area contributed by atoms with E-state index in [2.05, 4.69) is 5.32 Å². The Kier molecular flexibility index (Phi) is 4.70. The van der Waals surface area contributed by atoms with Gasteiger partial charge < -0.3 is 19.1 Å². The van der Waals surface area contributed by atoms with Crippen LogP contribution >= 0.6 is 0 Å². The van der Waals surface area contributed by atoms with Gasteiger partial charge in [-0.25, -0.2) is 0 Å². The van der Waals surface area contributed by atoms with Gasteiger partial charge in [-0.1, -0.05) is 6.07 Å². The second-order valence-electron chi connectivity index (χ2n) is 5.74. The van der Waals surface area contributed by atoms with Crippen LogP contribution in [0.3, 0.4) is 0 Å². The maximum Gasteiger partial charge on any atom is 0.251 e. The molecule has 24 heavy (non-hydrogen) atoms. The molecule has 0 bridgehead atoms. The fourth-order valence-electron chi connectivity index (χ4n) is 2.54. The van der Waals surface area contributed by atoms with Gasteiger partial charge in [-0.15, -0.1) is 0 Å². The Hall–Kier alpha value is -2.95. The highest BCUT2D eigenvalue weighted by atomic mass is 16.3. The number of carbonyl (C=O) groups excluding carboxylic acids is 1. The van der Waals surface area contributed by atoms with Crippen molar-refractivity contribution in [3.05, 3.63) is 78.1 Å². The minimum Gasteiger partial charge on any atom is -0.469 e. The summed E-state index contributed by atoms with van der Waals surface area (Å²) in [7, 11) is 3.89. The lowest BCUT2D eigenvalue weighted by Crippen LogP contribution is -2.28. The summed E-state index contributed by atoms with van der Waals surface area (Å²) < 4.78 is 11.0. The third-order valence-electron chi connectivity index (χ3n) is 3.86. The maximum absolute atomic E-state index is 12.5. The van der Waals surface area contributed by atoms with Crippen molar-refractivity contribution in [3.8, 4) is 0 Å². The summed E-state index contributed by atoms with van der Waals surface area (Å²) in [4.78, 5) is 14.4.